The molecule has 7 nitrogen and oxygen atoms in total. The summed E-state index contributed by atoms with van der Waals surface area (Å²) in [6.07, 6.45) is 4.75. The zero-order chi connectivity index (χ0) is 17.1. The highest BCUT2D eigenvalue weighted by Crippen LogP contribution is 2.28. The molecule has 0 atom stereocenters. The van der Waals surface area contributed by atoms with Crippen LogP contribution in [0.25, 0.3) is 10.2 Å². The number of carbonyl (C=O) groups is 1. The quantitative estimate of drug-likeness (QED) is 0.744. The fourth-order valence-electron chi connectivity index (χ4n) is 2.37. The van der Waals surface area contributed by atoms with Gasteiger partial charge in [-0.2, -0.15) is 5.10 Å². The number of amides is 1. The van der Waals surface area contributed by atoms with Crippen molar-refractivity contribution < 1.29 is 4.79 Å². The van der Waals surface area contributed by atoms with Crippen molar-refractivity contribution in [3.8, 4) is 0 Å². The molecule has 0 saturated heterocycles. The van der Waals surface area contributed by atoms with Crippen LogP contribution >= 0.6 is 11.3 Å². The van der Waals surface area contributed by atoms with Crippen molar-refractivity contribution in [1.29, 1.82) is 0 Å². The summed E-state index contributed by atoms with van der Waals surface area (Å²) in [4.78, 5) is 24.0. The lowest BCUT2D eigenvalue weighted by Crippen LogP contribution is -2.21. The van der Waals surface area contributed by atoms with Crippen molar-refractivity contribution in [3.05, 3.63) is 29.5 Å². The molecule has 3 heterocycles. The number of hydrogen-bond donors (Lipinski definition) is 1. The Morgan fingerprint density at radius 3 is 3.00 bits per heavy atom. The summed E-state index contributed by atoms with van der Waals surface area (Å²) in [6.45, 7) is 2.76. The van der Waals surface area contributed by atoms with E-state index in [-0.39, 0.29) is 5.91 Å². The molecule has 0 saturated carbocycles. The Bertz CT molecular complexity index is 853. The molecular formula is C16H20N6OS. The summed E-state index contributed by atoms with van der Waals surface area (Å²) in [5.41, 5.74) is 0. The Kier molecular flexibility index (Phi) is 4.75. The van der Waals surface area contributed by atoms with Crippen LogP contribution in [0.15, 0.2) is 24.7 Å². The lowest BCUT2D eigenvalue weighted by molar-refractivity contribution is -0.128. The minimum absolute atomic E-state index is 0.136. The minimum atomic E-state index is 0.136. The smallest absolute Gasteiger partial charge is 0.222 e. The van der Waals surface area contributed by atoms with Gasteiger partial charge in [-0.3, -0.25) is 9.48 Å². The molecule has 0 spiro atoms. The van der Waals surface area contributed by atoms with Gasteiger partial charge in [0.2, 0.25) is 5.91 Å². The number of nitrogens with one attached hydrogen (secondary N) is 1. The van der Waals surface area contributed by atoms with E-state index in [4.69, 9.17) is 0 Å². The lowest BCUT2D eigenvalue weighted by Gasteiger charge is -2.09. The first kappa shape index (κ1) is 16.4. The highest BCUT2D eigenvalue weighted by atomic mass is 32.1. The standard InChI is InChI=1S/C16H20N6OS/c1-11-9-12-15(17-10-18-16(12)24-11)19-13-6-8-22(20-13)7-4-5-14(23)21(2)3/h6,8-10H,4-5,7H2,1-3H3,(H,17,18,19,20). The van der Waals surface area contributed by atoms with E-state index in [1.165, 1.54) is 4.88 Å². The molecule has 3 rings (SSSR count). The second-order valence-corrected chi connectivity index (χ2v) is 7.01. The van der Waals surface area contributed by atoms with Crippen LogP contribution in [0.1, 0.15) is 17.7 Å². The van der Waals surface area contributed by atoms with Gasteiger partial charge in [-0.15, -0.1) is 11.3 Å². The van der Waals surface area contributed by atoms with Crippen molar-refractivity contribution in [2.75, 3.05) is 19.4 Å². The van der Waals surface area contributed by atoms with Crippen LogP contribution in [0.3, 0.4) is 0 Å². The molecule has 0 aliphatic heterocycles. The van der Waals surface area contributed by atoms with Gasteiger partial charge in [0.25, 0.3) is 0 Å². The monoisotopic (exact) mass is 344 g/mol. The number of aryl methyl sites for hydroxylation is 2. The van der Waals surface area contributed by atoms with Gasteiger partial charge in [-0.05, 0) is 19.4 Å². The maximum atomic E-state index is 11.6. The van der Waals surface area contributed by atoms with Gasteiger partial charge in [-0.1, -0.05) is 0 Å². The van der Waals surface area contributed by atoms with Crippen molar-refractivity contribution in [1.82, 2.24) is 24.6 Å². The van der Waals surface area contributed by atoms with Crippen LogP contribution in [-0.2, 0) is 11.3 Å². The highest BCUT2D eigenvalue weighted by molar-refractivity contribution is 7.18. The van der Waals surface area contributed by atoms with Crippen LogP contribution in [0.5, 0.6) is 0 Å². The number of nitrogens with zero attached hydrogens (tertiary/aromatic N) is 5. The number of carbonyl (C=O) groups excluding carboxylic acids is 1. The Hall–Kier alpha value is -2.48. The summed E-state index contributed by atoms with van der Waals surface area (Å²) in [7, 11) is 3.54. The molecule has 126 valence electrons. The molecule has 0 radical (unpaired) electrons. The number of aromatic nitrogens is 4. The molecule has 24 heavy (non-hydrogen) atoms. The van der Waals surface area contributed by atoms with E-state index in [0.717, 1.165) is 28.3 Å². The summed E-state index contributed by atoms with van der Waals surface area (Å²) in [5, 5.41) is 8.74. The average Bonchev–Trinajstić information content (AvgIpc) is 3.13. The fourth-order valence-corrected chi connectivity index (χ4v) is 3.21. The van der Waals surface area contributed by atoms with Crippen molar-refractivity contribution >= 4 is 39.1 Å². The number of anilines is 2. The molecule has 3 aromatic heterocycles. The van der Waals surface area contributed by atoms with Crippen LogP contribution in [-0.4, -0.2) is 44.7 Å². The third-order valence-corrected chi connectivity index (χ3v) is 4.57. The lowest BCUT2D eigenvalue weighted by atomic mass is 10.3. The molecule has 8 heteroatoms. The molecule has 1 amide bonds. The van der Waals surface area contributed by atoms with E-state index in [9.17, 15) is 4.79 Å². The molecular weight excluding hydrogens is 324 g/mol. The summed E-state index contributed by atoms with van der Waals surface area (Å²) >= 11 is 1.65. The van der Waals surface area contributed by atoms with Crippen molar-refractivity contribution in [2.24, 2.45) is 0 Å². The molecule has 0 fully saturated rings. The van der Waals surface area contributed by atoms with E-state index in [2.05, 4.69) is 33.4 Å². The van der Waals surface area contributed by atoms with Gasteiger partial charge in [-0.25, -0.2) is 9.97 Å². The Morgan fingerprint density at radius 1 is 1.38 bits per heavy atom. The second-order valence-electron chi connectivity index (χ2n) is 5.78. The van der Waals surface area contributed by atoms with Gasteiger partial charge in [0.1, 0.15) is 17.0 Å². The molecule has 0 aromatic carbocycles. The second kappa shape index (κ2) is 6.96. The predicted molar refractivity (Wildman–Crippen MR) is 95.6 cm³/mol. The Morgan fingerprint density at radius 2 is 2.21 bits per heavy atom. The maximum absolute atomic E-state index is 11.6. The highest BCUT2D eigenvalue weighted by Gasteiger charge is 2.09. The predicted octanol–water partition coefficient (Wildman–Crippen LogP) is 2.81. The first-order chi connectivity index (χ1) is 11.5. The molecule has 1 N–H and O–H groups in total. The van der Waals surface area contributed by atoms with E-state index in [1.54, 1.807) is 36.7 Å². The zero-order valence-electron chi connectivity index (χ0n) is 14.0. The third kappa shape index (κ3) is 3.70. The van der Waals surface area contributed by atoms with Gasteiger partial charge >= 0.3 is 0 Å². The third-order valence-electron chi connectivity index (χ3n) is 3.62. The van der Waals surface area contributed by atoms with Gasteiger partial charge in [0, 0.05) is 44.2 Å². The van der Waals surface area contributed by atoms with Gasteiger partial charge < -0.3 is 10.2 Å². The van der Waals surface area contributed by atoms with Gasteiger partial charge in [0.05, 0.1) is 5.39 Å². The number of rotatable bonds is 6. The molecule has 3 aromatic rings. The number of fused-ring (bicyclic) bond motifs is 1. The molecule has 0 aliphatic carbocycles. The van der Waals surface area contributed by atoms with Crippen LogP contribution in [0.2, 0.25) is 0 Å². The van der Waals surface area contributed by atoms with Gasteiger partial charge in [0.15, 0.2) is 5.82 Å². The first-order valence-electron chi connectivity index (χ1n) is 7.74. The summed E-state index contributed by atoms with van der Waals surface area (Å²) < 4.78 is 1.84. The van der Waals surface area contributed by atoms with Crippen LogP contribution < -0.4 is 5.32 Å². The largest absolute Gasteiger partial charge is 0.349 e. The average molecular weight is 344 g/mol. The van der Waals surface area contributed by atoms with Crippen molar-refractivity contribution in [2.45, 2.75) is 26.3 Å². The minimum Gasteiger partial charge on any atom is -0.349 e. The van der Waals surface area contributed by atoms with E-state index in [1.807, 2.05) is 16.9 Å². The summed E-state index contributed by atoms with van der Waals surface area (Å²) in [5.74, 6) is 1.63. The number of hydrogen-bond acceptors (Lipinski definition) is 6. The fraction of sp³-hybridized carbons (Fsp3) is 0.375. The zero-order valence-corrected chi connectivity index (χ0v) is 14.8. The number of thiophene rings is 1. The molecule has 0 aliphatic rings. The van der Waals surface area contributed by atoms with E-state index in [0.29, 0.717) is 13.0 Å². The normalized spacial score (nSPS) is 11.0. The van der Waals surface area contributed by atoms with Crippen molar-refractivity contribution in [3.63, 3.8) is 0 Å². The maximum Gasteiger partial charge on any atom is 0.222 e. The van der Waals surface area contributed by atoms with Crippen LogP contribution in [0.4, 0.5) is 11.6 Å². The van der Waals surface area contributed by atoms with E-state index >= 15 is 0 Å². The molecule has 0 bridgehead atoms. The summed E-state index contributed by atoms with van der Waals surface area (Å²) in [6, 6.07) is 3.98. The van der Waals surface area contributed by atoms with E-state index < -0.39 is 0 Å². The SMILES string of the molecule is Cc1cc2c(Nc3ccn(CCCC(=O)N(C)C)n3)ncnc2s1. The topological polar surface area (TPSA) is 75.9 Å². The Labute approximate surface area is 144 Å². The first-order valence-corrected chi connectivity index (χ1v) is 8.56. The molecule has 0 unspecified atom stereocenters. The van der Waals surface area contributed by atoms with Crippen LogP contribution in [0, 0.1) is 6.92 Å². The Balaban J connectivity index is 1.64.